The van der Waals surface area contributed by atoms with E-state index in [-0.39, 0.29) is 5.82 Å². The fourth-order valence-electron chi connectivity index (χ4n) is 2.23. The molecule has 0 amide bonds. The molecule has 0 unspecified atom stereocenters. The summed E-state index contributed by atoms with van der Waals surface area (Å²) >= 11 is 0. The van der Waals surface area contributed by atoms with Gasteiger partial charge in [-0.05, 0) is 67.3 Å². The van der Waals surface area contributed by atoms with Gasteiger partial charge in [0, 0.05) is 0 Å². The number of hydrogen-bond donors (Lipinski definition) is 1. The van der Waals surface area contributed by atoms with Crippen LogP contribution in [0.4, 0.5) is 4.39 Å². The van der Waals surface area contributed by atoms with Gasteiger partial charge in [0.15, 0.2) is 0 Å². The van der Waals surface area contributed by atoms with Crippen LogP contribution in [0.1, 0.15) is 30.9 Å². The summed E-state index contributed by atoms with van der Waals surface area (Å²) in [4.78, 5) is 0. The molecule has 0 bridgehead atoms. The van der Waals surface area contributed by atoms with E-state index in [0.29, 0.717) is 18.7 Å². The van der Waals surface area contributed by atoms with Gasteiger partial charge in [-0.25, -0.2) is 4.39 Å². The Morgan fingerprint density at radius 2 is 1.81 bits per heavy atom. The van der Waals surface area contributed by atoms with Crippen molar-refractivity contribution in [2.24, 2.45) is 5.73 Å². The van der Waals surface area contributed by atoms with Crippen molar-refractivity contribution in [2.75, 3.05) is 6.54 Å². The zero-order valence-electron chi connectivity index (χ0n) is 12.4. The molecule has 2 N–H and O–H groups in total. The predicted molar refractivity (Wildman–Crippen MR) is 84.3 cm³/mol. The molecule has 3 heteroatoms. The number of ether oxygens (including phenoxy) is 1. The van der Waals surface area contributed by atoms with E-state index in [0.717, 1.165) is 17.7 Å². The number of halogens is 1. The van der Waals surface area contributed by atoms with Crippen molar-refractivity contribution in [3.05, 3.63) is 59.4 Å². The summed E-state index contributed by atoms with van der Waals surface area (Å²) in [6, 6.07) is 12.6. The maximum atomic E-state index is 13.3. The van der Waals surface area contributed by atoms with Gasteiger partial charge < -0.3 is 10.5 Å². The molecule has 0 atom stereocenters. The first-order valence-corrected chi connectivity index (χ1v) is 7.48. The first kappa shape index (κ1) is 15.5. The van der Waals surface area contributed by atoms with Crippen molar-refractivity contribution in [2.45, 2.75) is 32.6 Å². The lowest BCUT2D eigenvalue weighted by atomic mass is 10.1. The van der Waals surface area contributed by atoms with E-state index >= 15 is 0 Å². The minimum atomic E-state index is -0.263. The Labute approximate surface area is 125 Å². The average Bonchev–Trinajstić information content (AvgIpc) is 2.49. The van der Waals surface area contributed by atoms with Crippen molar-refractivity contribution in [3.63, 3.8) is 0 Å². The molecule has 0 aliphatic rings. The summed E-state index contributed by atoms with van der Waals surface area (Å²) in [6.45, 7) is 2.65. The predicted octanol–water partition coefficient (Wildman–Crippen LogP) is 4.46. The second-order valence-electron chi connectivity index (χ2n) is 5.14. The normalized spacial score (nSPS) is 10.6. The molecular formula is C18H22FNO. The molecule has 0 aliphatic carbocycles. The summed E-state index contributed by atoms with van der Waals surface area (Å²) in [5.74, 6) is 1.17. The number of benzene rings is 2. The number of hydrogen-bond acceptors (Lipinski definition) is 2. The monoisotopic (exact) mass is 287 g/mol. The topological polar surface area (TPSA) is 35.2 Å². The van der Waals surface area contributed by atoms with Crippen molar-refractivity contribution >= 4 is 0 Å². The van der Waals surface area contributed by atoms with Crippen LogP contribution < -0.4 is 10.5 Å². The van der Waals surface area contributed by atoms with Crippen LogP contribution in [-0.4, -0.2) is 6.54 Å². The zero-order valence-corrected chi connectivity index (χ0v) is 12.4. The van der Waals surface area contributed by atoms with Crippen LogP contribution in [0.15, 0.2) is 42.5 Å². The van der Waals surface area contributed by atoms with Gasteiger partial charge in [0.05, 0.1) is 0 Å². The van der Waals surface area contributed by atoms with Crippen LogP contribution >= 0.6 is 0 Å². The van der Waals surface area contributed by atoms with E-state index in [4.69, 9.17) is 10.5 Å². The Balaban J connectivity index is 2.10. The van der Waals surface area contributed by atoms with Crippen LogP contribution in [0.2, 0.25) is 0 Å². The smallest absolute Gasteiger partial charge is 0.130 e. The summed E-state index contributed by atoms with van der Waals surface area (Å²) in [5.41, 5.74) is 7.67. The molecule has 0 heterocycles. The lowest BCUT2D eigenvalue weighted by Gasteiger charge is -2.11. The standard InChI is InChI=1S/C18H22FNO/c1-2-3-4-14-5-8-17(9-6-14)21-18-10-7-16(19)13-15(18)11-12-20/h5-10,13H,2-4,11-12,20H2,1H3. The fourth-order valence-corrected chi connectivity index (χ4v) is 2.23. The van der Waals surface area contributed by atoms with Crippen molar-refractivity contribution in [3.8, 4) is 11.5 Å². The zero-order chi connectivity index (χ0) is 15.1. The summed E-state index contributed by atoms with van der Waals surface area (Å²) < 4.78 is 19.1. The van der Waals surface area contributed by atoms with E-state index < -0.39 is 0 Å². The highest BCUT2D eigenvalue weighted by Gasteiger charge is 2.06. The molecule has 21 heavy (non-hydrogen) atoms. The van der Waals surface area contributed by atoms with Gasteiger partial charge in [-0.2, -0.15) is 0 Å². The molecule has 0 aromatic heterocycles. The third-order valence-corrected chi connectivity index (χ3v) is 3.41. The highest BCUT2D eigenvalue weighted by molar-refractivity contribution is 5.39. The first-order chi connectivity index (χ1) is 10.2. The highest BCUT2D eigenvalue weighted by Crippen LogP contribution is 2.26. The Morgan fingerprint density at radius 3 is 2.48 bits per heavy atom. The number of rotatable bonds is 7. The lowest BCUT2D eigenvalue weighted by molar-refractivity contribution is 0.473. The maximum Gasteiger partial charge on any atom is 0.130 e. The van der Waals surface area contributed by atoms with Gasteiger partial charge in [0.25, 0.3) is 0 Å². The Bertz CT molecular complexity index is 566. The van der Waals surface area contributed by atoms with Crippen LogP contribution in [0.3, 0.4) is 0 Å². The van der Waals surface area contributed by atoms with E-state index in [2.05, 4.69) is 19.1 Å². The molecular weight excluding hydrogens is 265 g/mol. The molecule has 0 spiro atoms. The lowest BCUT2D eigenvalue weighted by Crippen LogP contribution is -2.04. The molecule has 0 fully saturated rings. The van der Waals surface area contributed by atoms with Crippen molar-refractivity contribution in [1.82, 2.24) is 0 Å². The molecule has 0 saturated carbocycles. The maximum absolute atomic E-state index is 13.3. The molecule has 2 nitrogen and oxygen atoms in total. The van der Waals surface area contributed by atoms with Crippen molar-refractivity contribution in [1.29, 1.82) is 0 Å². The Kier molecular flexibility index (Phi) is 5.76. The van der Waals surface area contributed by atoms with E-state index in [1.807, 2.05) is 12.1 Å². The van der Waals surface area contributed by atoms with E-state index in [1.165, 1.54) is 30.5 Å². The SMILES string of the molecule is CCCCc1ccc(Oc2ccc(F)cc2CCN)cc1. The summed E-state index contributed by atoms with van der Waals surface area (Å²) in [6.07, 6.45) is 4.07. The highest BCUT2D eigenvalue weighted by atomic mass is 19.1. The van der Waals surface area contributed by atoms with Gasteiger partial charge in [0.1, 0.15) is 17.3 Å². The van der Waals surface area contributed by atoms with Gasteiger partial charge in [-0.3, -0.25) is 0 Å². The van der Waals surface area contributed by atoms with Crippen LogP contribution in [-0.2, 0) is 12.8 Å². The van der Waals surface area contributed by atoms with Crippen LogP contribution in [0, 0.1) is 5.82 Å². The molecule has 0 radical (unpaired) electrons. The summed E-state index contributed by atoms with van der Waals surface area (Å²) in [5, 5.41) is 0. The quantitative estimate of drug-likeness (QED) is 0.816. The number of aryl methyl sites for hydroxylation is 1. The molecule has 0 saturated heterocycles. The third-order valence-electron chi connectivity index (χ3n) is 3.41. The number of unbranched alkanes of at least 4 members (excludes halogenated alkanes) is 1. The van der Waals surface area contributed by atoms with Gasteiger partial charge in [-0.1, -0.05) is 25.5 Å². The second-order valence-corrected chi connectivity index (χ2v) is 5.14. The number of nitrogens with two attached hydrogens (primary N) is 1. The minimum absolute atomic E-state index is 0.263. The van der Waals surface area contributed by atoms with E-state index in [9.17, 15) is 4.39 Å². The van der Waals surface area contributed by atoms with Crippen molar-refractivity contribution < 1.29 is 9.13 Å². The third kappa shape index (κ3) is 4.57. The first-order valence-electron chi connectivity index (χ1n) is 7.48. The average molecular weight is 287 g/mol. The molecule has 0 aliphatic heterocycles. The fraction of sp³-hybridized carbons (Fsp3) is 0.333. The molecule has 2 aromatic rings. The summed E-state index contributed by atoms with van der Waals surface area (Å²) in [7, 11) is 0. The second kappa shape index (κ2) is 7.79. The Hall–Kier alpha value is -1.87. The van der Waals surface area contributed by atoms with Gasteiger partial charge >= 0.3 is 0 Å². The largest absolute Gasteiger partial charge is 0.457 e. The Morgan fingerprint density at radius 1 is 1.05 bits per heavy atom. The van der Waals surface area contributed by atoms with Gasteiger partial charge in [0.2, 0.25) is 0 Å². The van der Waals surface area contributed by atoms with Crippen LogP contribution in [0.5, 0.6) is 11.5 Å². The minimum Gasteiger partial charge on any atom is -0.457 e. The van der Waals surface area contributed by atoms with E-state index in [1.54, 1.807) is 6.07 Å². The van der Waals surface area contributed by atoms with Gasteiger partial charge in [-0.15, -0.1) is 0 Å². The molecule has 112 valence electrons. The molecule has 2 rings (SSSR count). The molecule has 2 aromatic carbocycles. The van der Waals surface area contributed by atoms with Crippen LogP contribution in [0.25, 0.3) is 0 Å².